The Morgan fingerprint density at radius 2 is 1.57 bits per heavy atom. The van der Waals surface area contributed by atoms with Gasteiger partial charge in [0, 0.05) is 0 Å². The average Bonchev–Trinajstić information content (AvgIpc) is 2.69. The lowest BCUT2D eigenvalue weighted by atomic mass is 10.2. The highest BCUT2D eigenvalue weighted by Gasteiger charge is 2.42. The number of aryl methyl sites for hydroxylation is 1. The molecule has 3 rings (SSSR count). The lowest BCUT2D eigenvalue weighted by Crippen LogP contribution is -2.42. The molecule has 1 atom stereocenters. The highest BCUT2D eigenvalue weighted by molar-refractivity contribution is 6.22. The van der Waals surface area contributed by atoms with E-state index in [0.717, 1.165) is 31.5 Å². The molecule has 0 aromatic heterocycles. The van der Waals surface area contributed by atoms with Crippen LogP contribution in [0.4, 0.5) is 5.69 Å². The van der Waals surface area contributed by atoms with Gasteiger partial charge in [-0.2, -0.15) is 0 Å². The topological polar surface area (TPSA) is 40.6 Å². The summed E-state index contributed by atoms with van der Waals surface area (Å²) < 4.78 is 0. The summed E-state index contributed by atoms with van der Waals surface area (Å²) in [6.07, 6.45) is 5.04. The predicted molar refractivity (Wildman–Crippen MR) is 82.1 cm³/mol. The molecule has 1 aromatic rings. The molecule has 2 saturated heterocycles. The lowest BCUT2D eigenvalue weighted by molar-refractivity contribution is -0.122. The summed E-state index contributed by atoms with van der Waals surface area (Å²) in [5, 5.41) is 0. The standard InChI is InChI=1S/C17H22N2O2/c1-13-6-8-14(9-7-13)19-16(20)12-15(17(19)21)18-10-4-2-3-5-11-18/h6-9,15H,2-5,10-12H2,1H3/t15-/m0/s1. The SMILES string of the molecule is Cc1ccc(N2C(=O)C[C@H](N3CCCCCC3)C2=O)cc1. The number of anilines is 1. The minimum atomic E-state index is -0.253. The Kier molecular flexibility index (Phi) is 4.06. The molecule has 2 amide bonds. The van der Waals surface area contributed by atoms with Crippen molar-refractivity contribution < 1.29 is 9.59 Å². The molecule has 112 valence electrons. The fourth-order valence-electron chi connectivity index (χ4n) is 3.27. The van der Waals surface area contributed by atoms with Crippen LogP contribution in [-0.4, -0.2) is 35.8 Å². The molecule has 4 heteroatoms. The van der Waals surface area contributed by atoms with Crippen molar-refractivity contribution >= 4 is 17.5 Å². The van der Waals surface area contributed by atoms with Gasteiger partial charge in [-0.05, 0) is 45.0 Å². The van der Waals surface area contributed by atoms with E-state index in [1.165, 1.54) is 17.7 Å². The zero-order chi connectivity index (χ0) is 14.8. The molecular weight excluding hydrogens is 264 g/mol. The Balaban J connectivity index is 1.79. The van der Waals surface area contributed by atoms with Gasteiger partial charge in [0.05, 0.1) is 18.2 Å². The molecule has 1 aromatic carbocycles. The molecule has 0 radical (unpaired) electrons. The third kappa shape index (κ3) is 2.86. The monoisotopic (exact) mass is 286 g/mol. The van der Waals surface area contributed by atoms with E-state index in [0.29, 0.717) is 12.1 Å². The van der Waals surface area contributed by atoms with E-state index in [1.807, 2.05) is 31.2 Å². The first-order valence-electron chi connectivity index (χ1n) is 7.84. The molecule has 21 heavy (non-hydrogen) atoms. The molecule has 2 heterocycles. The van der Waals surface area contributed by atoms with Gasteiger partial charge in [-0.15, -0.1) is 0 Å². The summed E-state index contributed by atoms with van der Waals surface area (Å²) in [5.41, 5.74) is 1.83. The molecule has 0 saturated carbocycles. The van der Waals surface area contributed by atoms with Crippen LogP contribution in [0.15, 0.2) is 24.3 Å². The first kappa shape index (κ1) is 14.3. The summed E-state index contributed by atoms with van der Waals surface area (Å²) in [6.45, 7) is 3.87. The number of likely N-dealkylation sites (tertiary alicyclic amines) is 1. The van der Waals surface area contributed by atoms with Crippen molar-refractivity contribution in [3.63, 3.8) is 0 Å². The number of hydrogen-bond acceptors (Lipinski definition) is 3. The highest BCUT2D eigenvalue weighted by Crippen LogP contribution is 2.27. The fourth-order valence-corrected chi connectivity index (χ4v) is 3.27. The van der Waals surface area contributed by atoms with Gasteiger partial charge < -0.3 is 0 Å². The van der Waals surface area contributed by atoms with E-state index < -0.39 is 0 Å². The number of nitrogens with zero attached hydrogens (tertiary/aromatic N) is 2. The molecule has 2 fully saturated rings. The number of amides is 2. The van der Waals surface area contributed by atoms with Gasteiger partial charge in [-0.3, -0.25) is 14.5 Å². The molecular formula is C17H22N2O2. The van der Waals surface area contributed by atoms with E-state index in [9.17, 15) is 9.59 Å². The molecule has 0 N–H and O–H groups in total. The second-order valence-corrected chi connectivity index (χ2v) is 6.07. The Morgan fingerprint density at radius 1 is 0.952 bits per heavy atom. The van der Waals surface area contributed by atoms with Crippen LogP contribution in [0.1, 0.15) is 37.7 Å². The lowest BCUT2D eigenvalue weighted by Gasteiger charge is -2.25. The van der Waals surface area contributed by atoms with Gasteiger partial charge in [0.1, 0.15) is 0 Å². The quantitative estimate of drug-likeness (QED) is 0.784. The number of carbonyl (C=O) groups excluding carboxylic acids is 2. The largest absolute Gasteiger partial charge is 0.292 e. The molecule has 0 unspecified atom stereocenters. The van der Waals surface area contributed by atoms with E-state index in [1.54, 1.807) is 0 Å². The van der Waals surface area contributed by atoms with Crippen molar-refractivity contribution in [2.75, 3.05) is 18.0 Å². The number of imide groups is 1. The zero-order valence-electron chi connectivity index (χ0n) is 12.5. The molecule has 0 aliphatic carbocycles. The summed E-state index contributed by atoms with van der Waals surface area (Å²) >= 11 is 0. The summed E-state index contributed by atoms with van der Waals surface area (Å²) in [4.78, 5) is 28.5. The third-order valence-corrected chi connectivity index (χ3v) is 4.50. The van der Waals surface area contributed by atoms with Crippen LogP contribution >= 0.6 is 0 Å². The van der Waals surface area contributed by atoms with Crippen LogP contribution in [-0.2, 0) is 9.59 Å². The van der Waals surface area contributed by atoms with Crippen molar-refractivity contribution in [1.82, 2.24) is 4.90 Å². The molecule has 2 aliphatic heterocycles. The maximum Gasteiger partial charge on any atom is 0.251 e. The van der Waals surface area contributed by atoms with Crippen LogP contribution in [0.3, 0.4) is 0 Å². The van der Waals surface area contributed by atoms with Crippen molar-refractivity contribution in [2.24, 2.45) is 0 Å². The van der Waals surface area contributed by atoms with Crippen LogP contribution in [0.2, 0.25) is 0 Å². The minimum Gasteiger partial charge on any atom is -0.292 e. The smallest absolute Gasteiger partial charge is 0.251 e. The Morgan fingerprint density at radius 3 is 2.19 bits per heavy atom. The number of benzene rings is 1. The van der Waals surface area contributed by atoms with Crippen molar-refractivity contribution in [2.45, 2.75) is 45.1 Å². The predicted octanol–water partition coefficient (Wildman–Crippen LogP) is 2.50. The van der Waals surface area contributed by atoms with Gasteiger partial charge in [0.25, 0.3) is 5.91 Å². The zero-order valence-corrected chi connectivity index (χ0v) is 12.5. The second-order valence-electron chi connectivity index (χ2n) is 6.07. The Bertz CT molecular complexity index is 530. The Labute approximate surface area is 125 Å². The van der Waals surface area contributed by atoms with Crippen LogP contribution in [0.5, 0.6) is 0 Å². The van der Waals surface area contributed by atoms with Gasteiger partial charge in [0.2, 0.25) is 5.91 Å². The molecule has 2 aliphatic rings. The summed E-state index contributed by atoms with van der Waals surface area (Å²) in [6, 6.07) is 7.34. The minimum absolute atomic E-state index is 0.0502. The molecule has 0 bridgehead atoms. The van der Waals surface area contributed by atoms with E-state index in [-0.39, 0.29) is 17.9 Å². The maximum atomic E-state index is 12.7. The Hall–Kier alpha value is -1.68. The van der Waals surface area contributed by atoms with Gasteiger partial charge in [-0.1, -0.05) is 30.5 Å². The third-order valence-electron chi connectivity index (χ3n) is 4.50. The normalized spacial score (nSPS) is 24.4. The number of carbonyl (C=O) groups is 2. The van der Waals surface area contributed by atoms with Crippen LogP contribution < -0.4 is 4.90 Å². The highest BCUT2D eigenvalue weighted by atomic mass is 16.2. The molecule has 4 nitrogen and oxygen atoms in total. The van der Waals surface area contributed by atoms with Crippen molar-refractivity contribution in [3.8, 4) is 0 Å². The van der Waals surface area contributed by atoms with E-state index >= 15 is 0 Å². The number of hydrogen-bond donors (Lipinski definition) is 0. The van der Waals surface area contributed by atoms with Crippen molar-refractivity contribution in [1.29, 1.82) is 0 Å². The summed E-state index contributed by atoms with van der Waals surface area (Å²) in [7, 11) is 0. The van der Waals surface area contributed by atoms with Crippen LogP contribution in [0.25, 0.3) is 0 Å². The van der Waals surface area contributed by atoms with Gasteiger partial charge >= 0.3 is 0 Å². The summed E-state index contributed by atoms with van der Waals surface area (Å²) in [5.74, 6) is -0.121. The van der Waals surface area contributed by atoms with Crippen LogP contribution in [0, 0.1) is 6.92 Å². The van der Waals surface area contributed by atoms with E-state index in [2.05, 4.69) is 4.90 Å². The second kappa shape index (κ2) is 5.98. The number of rotatable bonds is 2. The molecule has 0 spiro atoms. The first-order chi connectivity index (χ1) is 10.2. The first-order valence-corrected chi connectivity index (χ1v) is 7.84. The average molecular weight is 286 g/mol. The maximum absolute atomic E-state index is 12.7. The fraction of sp³-hybridized carbons (Fsp3) is 0.529. The van der Waals surface area contributed by atoms with Gasteiger partial charge in [0.15, 0.2) is 0 Å². The van der Waals surface area contributed by atoms with Crippen molar-refractivity contribution in [3.05, 3.63) is 29.8 Å². The van der Waals surface area contributed by atoms with E-state index in [4.69, 9.17) is 0 Å². The van der Waals surface area contributed by atoms with Gasteiger partial charge in [-0.25, -0.2) is 4.90 Å².